The first-order valence-corrected chi connectivity index (χ1v) is 6.47. The molecule has 20 heavy (non-hydrogen) atoms. The number of hydrogen-bond donors (Lipinski definition) is 3. The fraction of sp³-hybridized carbons (Fsp3) is 0.333. The fourth-order valence-corrected chi connectivity index (χ4v) is 1.76. The number of fused-ring (bicyclic) bond motifs is 1. The molecule has 0 spiro atoms. The Hall–Kier alpha value is -2.14. The van der Waals surface area contributed by atoms with Gasteiger partial charge in [0.1, 0.15) is 5.69 Å². The van der Waals surface area contributed by atoms with Crippen LogP contribution in [0.25, 0.3) is 10.9 Å². The van der Waals surface area contributed by atoms with Crippen molar-refractivity contribution in [2.24, 2.45) is 5.41 Å². The van der Waals surface area contributed by atoms with E-state index in [0.717, 1.165) is 5.39 Å². The Balaban J connectivity index is 2.21. The molecular formula is C15H19N3O2. The van der Waals surface area contributed by atoms with Crippen LogP contribution in [-0.4, -0.2) is 29.1 Å². The molecule has 0 atom stereocenters. The van der Waals surface area contributed by atoms with Gasteiger partial charge in [0.15, 0.2) is 0 Å². The van der Waals surface area contributed by atoms with Crippen molar-refractivity contribution in [3.8, 4) is 0 Å². The standard InChI is InChI=1S/C15H19N3O2/c1-15(2,9-19)8-17-14(20)12-7-6-10-4-3-5-11(16)13(10)18-12/h3-7,19H,8-9,16H2,1-2H3,(H,17,20). The van der Waals surface area contributed by atoms with Gasteiger partial charge in [0.05, 0.1) is 11.2 Å². The minimum absolute atomic E-state index is 0.00533. The average Bonchev–Trinajstić information content (AvgIpc) is 2.45. The maximum absolute atomic E-state index is 12.1. The molecule has 4 N–H and O–H groups in total. The first kappa shape index (κ1) is 14.3. The third-order valence-corrected chi connectivity index (χ3v) is 3.14. The molecule has 1 aromatic heterocycles. The molecule has 2 aromatic rings. The minimum atomic E-state index is -0.356. The Bertz CT molecular complexity index is 638. The molecular weight excluding hydrogens is 254 g/mol. The topological polar surface area (TPSA) is 88.2 Å². The number of anilines is 1. The Morgan fingerprint density at radius 2 is 2.10 bits per heavy atom. The molecule has 0 saturated carbocycles. The number of carbonyl (C=O) groups excluding carboxylic acids is 1. The number of hydrogen-bond acceptors (Lipinski definition) is 4. The second-order valence-corrected chi connectivity index (χ2v) is 5.62. The summed E-state index contributed by atoms with van der Waals surface area (Å²) in [4.78, 5) is 16.4. The predicted molar refractivity (Wildman–Crippen MR) is 79.4 cm³/mol. The van der Waals surface area contributed by atoms with Crippen LogP contribution in [0.4, 0.5) is 5.69 Å². The maximum atomic E-state index is 12.1. The largest absolute Gasteiger partial charge is 0.397 e. The number of amides is 1. The molecule has 0 aliphatic rings. The second-order valence-electron chi connectivity index (χ2n) is 5.62. The van der Waals surface area contributed by atoms with Gasteiger partial charge in [-0.25, -0.2) is 4.98 Å². The van der Waals surface area contributed by atoms with Crippen molar-refractivity contribution in [2.75, 3.05) is 18.9 Å². The van der Waals surface area contributed by atoms with E-state index in [1.807, 2.05) is 32.0 Å². The van der Waals surface area contributed by atoms with E-state index in [-0.39, 0.29) is 17.9 Å². The van der Waals surface area contributed by atoms with E-state index in [1.54, 1.807) is 12.1 Å². The van der Waals surface area contributed by atoms with E-state index in [2.05, 4.69) is 10.3 Å². The number of nitrogens with zero attached hydrogens (tertiary/aromatic N) is 1. The SMILES string of the molecule is CC(C)(CO)CNC(=O)c1ccc2cccc(N)c2n1. The van der Waals surface area contributed by atoms with Crippen molar-refractivity contribution in [1.82, 2.24) is 10.3 Å². The summed E-state index contributed by atoms with van der Waals surface area (Å²) in [6.45, 7) is 4.13. The number of nitrogen functional groups attached to an aromatic ring is 1. The van der Waals surface area contributed by atoms with Crippen molar-refractivity contribution < 1.29 is 9.90 Å². The Morgan fingerprint density at radius 3 is 2.80 bits per heavy atom. The van der Waals surface area contributed by atoms with E-state index in [4.69, 9.17) is 5.73 Å². The highest BCUT2D eigenvalue weighted by molar-refractivity contribution is 5.97. The van der Waals surface area contributed by atoms with Crippen LogP contribution in [0, 0.1) is 5.41 Å². The first-order chi connectivity index (χ1) is 9.43. The number of aliphatic hydroxyl groups excluding tert-OH is 1. The van der Waals surface area contributed by atoms with Crippen LogP contribution in [0.3, 0.4) is 0 Å². The fourth-order valence-electron chi connectivity index (χ4n) is 1.76. The number of benzene rings is 1. The number of para-hydroxylation sites is 1. The van der Waals surface area contributed by atoms with Gasteiger partial charge < -0.3 is 16.2 Å². The average molecular weight is 273 g/mol. The van der Waals surface area contributed by atoms with Crippen LogP contribution in [0.15, 0.2) is 30.3 Å². The Morgan fingerprint density at radius 1 is 1.35 bits per heavy atom. The van der Waals surface area contributed by atoms with Gasteiger partial charge in [0.2, 0.25) is 0 Å². The summed E-state index contributed by atoms with van der Waals surface area (Å²) in [5.74, 6) is -0.267. The van der Waals surface area contributed by atoms with Gasteiger partial charge in [-0.1, -0.05) is 32.0 Å². The summed E-state index contributed by atoms with van der Waals surface area (Å²) in [6.07, 6.45) is 0. The first-order valence-electron chi connectivity index (χ1n) is 6.47. The normalized spacial score (nSPS) is 11.6. The van der Waals surface area contributed by atoms with Gasteiger partial charge in [-0.05, 0) is 12.1 Å². The summed E-state index contributed by atoms with van der Waals surface area (Å²) >= 11 is 0. The highest BCUT2D eigenvalue weighted by Gasteiger charge is 2.18. The molecule has 0 fully saturated rings. The highest BCUT2D eigenvalue weighted by atomic mass is 16.3. The van der Waals surface area contributed by atoms with E-state index >= 15 is 0 Å². The molecule has 0 saturated heterocycles. The summed E-state index contributed by atoms with van der Waals surface area (Å²) in [6, 6.07) is 9.00. The molecule has 1 amide bonds. The van der Waals surface area contributed by atoms with Gasteiger partial charge in [0, 0.05) is 24.0 Å². The summed E-state index contributed by atoms with van der Waals surface area (Å²) in [5.41, 5.74) is 7.01. The van der Waals surface area contributed by atoms with Crippen LogP contribution >= 0.6 is 0 Å². The van der Waals surface area contributed by atoms with E-state index in [9.17, 15) is 9.90 Å². The van der Waals surface area contributed by atoms with E-state index in [0.29, 0.717) is 23.4 Å². The monoisotopic (exact) mass is 273 g/mol. The van der Waals surface area contributed by atoms with Gasteiger partial charge in [-0.3, -0.25) is 4.79 Å². The number of pyridine rings is 1. The molecule has 0 aliphatic carbocycles. The Labute approximate surface area is 117 Å². The predicted octanol–water partition coefficient (Wildman–Crippen LogP) is 1.57. The minimum Gasteiger partial charge on any atom is -0.397 e. The van der Waals surface area contributed by atoms with Crippen molar-refractivity contribution >= 4 is 22.5 Å². The molecule has 5 nitrogen and oxygen atoms in total. The Kier molecular flexibility index (Phi) is 3.90. The lowest BCUT2D eigenvalue weighted by atomic mass is 9.95. The van der Waals surface area contributed by atoms with Gasteiger partial charge in [-0.15, -0.1) is 0 Å². The quantitative estimate of drug-likeness (QED) is 0.738. The molecule has 5 heteroatoms. The van der Waals surface area contributed by atoms with Gasteiger partial charge >= 0.3 is 0 Å². The molecule has 0 bridgehead atoms. The summed E-state index contributed by atoms with van der Waals surface area (Å²) < 4.78 is 0. The molecule has 1 heterocycles. The molecule has 0 unspecified atom stereocenters. The zero-order chi connectivity index (χ0) is 14.8. The van der Waals surface area contributed by atoms with Gasteiger partial charge in [-0.2, -0.15) is 0 Å². The van der Waals surface area contributed by atoms with Crippen LogP contribution in [0.5, 0.6) is 0 Å². The number of carbonyl (C=O) groups is 1. The molecule has 0 aliphatic heterocycles. The zero-order valence-corrected chi connectivity index (χ0v) is 11.7. The second kappa shape index (κ2) is 5.46. The van der Waals surface area contributed by atoms with Crippen LogP contribution in [-0.2, 0) is 0 Å². The summed E-state index contributed by atoms with van der Waals surface area (Å²) in [5, 5.41) is 12.8. The van der Waals surface area contributed by atoms with Crippen molar-refractivity contribution in [3.63, 3.8) is 0 Å². The molecule has 0 radical (unpaired) electrons. The number of aliphatic hydroxyl groups is 1. The maximum Gasteiger partial charge on any atom is 0.269 e. The molecule has 1 aromatic carbocycles. The number of nitrogens with two attached hydrogens (primary N) is 1. The van der Waals surface area contributed by atoms with Crippen molar-refractivity contribution in [3.05, 3.63) is 36.0 Å². The third kappa shape index (κ3) is 3.05. The number of rotatable bonds is 4. The van der Waals surface area contributed by atoms with Crippen LogP contribution < -0.4 is 11.1 Å². The van der Waals surface area contributed by atoms with Crippen LogP contribution in [0.2, 0.25) is 0 Å². The lowest BCUT2D eigenvalue weighted by molar-refractivity contribution is 0.0906. The van der Waals surface area contributed by atoms with Gasteiger partial charge in [0.25, 0.3) is 5.91 Å². The van der Waals surface area contributed by atoms with E-state index in [1.165, 1.54) is 0 Å². The smallest absolute Gasteiger partial charge is 0.269 e. The van der Waals surface area contributed by atoms with Crippen molar-refractivity contribution in [2.45, 2.75) is 13.8 Å². The zero-order valence-electron chi connectivity index (χ0n) is 11.7. The molecule has 2 rings (SSSR count). The lowest BCUT2D eigenvalue weighted by Gasteiger charge is -2.21. The highest BCUT2D eigenvalue weighted by Crippen LogP contribution is 2.19. The lowest BCUT2D eigenvalue weighted by Crippen LogP contribution is -2.36. The van der Waals surface area contributed by atoms with E-state index < -0.39 is 0 Å². The number of nitrogens with one attached hydrogen (secondary N) is 1. The van der Waals surface area contributed by atoms with Crippen LogP contribution in [0.1, 0.15) is 24.3 Å². The molecule has 106 valence electrons. The number of aromatic nitrogens is 1. The summed E-state index contributed by atoms with van der Waals surface area (Å²) in [7, 11) is 0. The van der Waals surface area contributed by atoms with Crippen molar-refractivity contribution in [1.29, 1.82) is 0 Å². The third-order valence-electron chi connectivity index (χ3n) is 3.14.